The number of nitrogens with zero attached hydrogens (tertiary/aromatic N) is 2. The largest absolute Gasteiger partial charge is 0.386 e. The molecule has 146 valence electrons. The van der Waals surface area contributed by atoms with Gasteiger partial charge in [0.05, 0.1) is 0 Å². The number of hydrogen-bond donors (Lipinski definition) is 3. The van der Waals surface area contributed by atoms with Crippen LogP contribution in [0.3, 0.4) is 0 Å². The van der Waals surface area contributed by atoms with E-state index in [0.717, 1.165) is 11.0 Å². The number of nitrogens with one attached hydrogen (secondary N) is 1. The van der Waals surface area contributed by atoms with E-state index in [0.29, 0.717) is 6.54 Å². The van der Waals surface area contributed by atoms with Gasteiger partial charge in [-0.1, -0.05) is 27.4 Å². The first kappa shape index (κ1) is 20.5. The summed E-state index contributed by atoms with van der Waals surface area (Å²) in [7, 11) is 0. The molecule has 0 spiro atoms. The van der Waals surface area contributed by atoms with Gasteiger partial charge in [0.1, 0.15) is 18.0 Å². The van der Waals surface area contributed by atoms with Gasteiger partial charge in [-0.05, 0) is 36.9 Å². The molecule has 1 fully saturated rings. The Kier molecular flexibility index (Phi) is 5.89. The average Bonchev–Trinajstić information content (AvgIpc) is 2.77. The Labute approximate surface area is 153 Å². The Morgan fingerprint density at radius 2 is 2.23 bits per heavy atom. The van der Waals surface area contributed by atoms with E-state index in [-0.39, 0.29) is 23.4 Å². The van der Waals surface area contributed by atoms with Gasteiger partial charge in [0.2, 0.25) is 5.67 Å². The molecule has 8 heteroatoms. The number of aliphatic hydroxyl groups is 1. The minimum Gasteiger partial charge on any atom is -0.386 e. The molecular formula is C18H29FN4O3. The fraction of sp³-hybridized carbons (Fsp3) is 0.667. The highest BCUT2D eigenvalue weighted by Crippen LogP contribution is 2.45. The molecule has 4 atom stereocenters. The van der Waals surface area contributed by atoms with Crippen molar-refractivity contribution in [2.45, 2.75) is 58.2 Å². The summed E-state index contributed by atoms with van der Waals surface area (Å²) in [4.78, 5) is 15.7. The van der Waals surface area contributed by atoms with Gasteiger partial charge < -0.3 is 20.9 Å². The minimum atomic E-state index is -2.31. The fourth-order valence-corrected chi connectivity index (χ4v) is 2.96. The van der Waals surface area contributed by atoms with E-state index in [2.05, 4.69) is 37.7 Å². The van der Waals surface area contributed by atoms with Crippen LogP contribution in [0.2, 0.25) is 0 Å². The molecule has 7 nitrogen and oxygen atoms in total. The maximum Gasteiger partial charge on any atom is 0.351 e. The SMILES string of the molecule is C=C(C)[C@@]1(F)[C@H](O)[C@@H](CNCCC(C)(C)C)O[C@H]1n1ccc(N)nc1=O. The summed E-state index contributed by atoms with van der Waals surface area (Å²) in [5.41, 5.74) is 2.68. The molecule has 0 saturated carbocycles. The van der Waals surface area contributed by atoms with Crippen molar-refractivity contribution in [3.05, 3.63) is 34.9 Å². The van der Waals surface area contributed by atoms with Gasteiger partial charge in [0.15, 0.2) is 6.23 Å². The lowest BCUT2D eigenvalue weighted by atomic mass is 9.89. The molecule has 0 aromatic carbocycles. The third-order valence-corrected chi connectivity index (χ3v) is 4.60. The summed E-state index contributed by atoms with van der Waals surface area (Å²) in [6.45, 7) is 12.4. The van der Waals surface area contributed by atoms with Crippen LogP contribution in [0.4, 0.5) is 10.2 Å². The third-order valence-electron chi connectivity index (χ3n) is 4.60. The number of anilines is 1. The second-order valence-corrected chi connectivity index (χ2v) is 8.08. The Morgan fingerprint density at radius 1 is 1.58 bits per heavy atom. The summed E-state index contributed by atoms with van der Waals surface area (Å²) in [6, 6.07) is 1.38. The molecule has 1 aliphatic heterocycles. The van der Waals surface area contributed by atoms with Crippen molar-refractivity contribution in [2.24, 2.45) is 5.41 Å². The van der Waals surface area contributed by atoms with Crippen molar-refractivity contribution >= 4 is 5.82 Å². The van der Waals surface area contributed by atoms with E-state index in [4.69, 9.17) is 10.5 Å². The fourth-order valence-electron chi connectivity index (χ4n) is 2.96. The van der Waals surface area contributed by atoms with E-state index in [9.17, 15) is 9.90 Å². The van der Waals surface area contributed by atoms with Crippen molar-refractivity contribution in [3.63, 3.8) is 0 Å². The zero-order chi connectivity index (χ0) is 19.7. The van der Waals surface area contributed by atoms with Gasteiger partial charge in [0.25, 0.3) is 0 Å². The lowest BCUT2D eigenvalue weighted by Gasteiger charge is -2.29. The van der Waals surface area contributed by atoms with E-state index in [1.165, 1.54) is 19.2 Å². The molecule has 0 aliphatic carbocycles. The first-order valence-corrected chi connectivity index (χ1v) is 8.70. The summed E-state index contributed by atoms with van der Waals surface area (Å²) in [5.74, 6) is 0.0324. The average molecular weight is 368 g/mol. The van der Waals surface area contributed by atoms with Crippen LogP contribution in [0.15, 0.2) is 29.2 Å². The van der Waals surface area contributed by atoms with E-state index < -0.39 is 29.8 Å². The topological polar surface area (TPSA) is 102 Å². The highest BCUT2D eigenvalue weighted by atomic mass is 19.1. The minimum absolute atomic E-state index is 0.0324. The second-order valence-electron chi connectivity index (χ2n) is 8.08. The lowest BCUT2D eigenvalue weighted by Crippen LogP contribution is -2.47. The zero-order valence-electron chi connectivity index (χ0n) is 15.8. The molecule has 2 rings (SSSR count). The first-order valence-electron chi connectivity index (χ1n) is 8.70. The monoisotopic (exact) mass is 368 g/mol. The number of ether oxygens (including phenoxy) is 1. The normalized spacial score (nSPS) is 29.1. The number of aromatic nitrogens is 2. The molecule has 1 saturated heterocycles. The van der Waals surface area contributed by atoms with Crippen LogP contribution in [-0.4, -0.2) is 45.6 Å². The Balaban J connectivity index is 2.20. The molecule has 2 heterocycles. The predicted octanol–water partition coefficient (Wildman–Crippen LogP) is 1.39. The van der Waals surface area contributed by atoms with Crippen LogP contribution < -0.4 is 16.7 Å². The standard InChI is InChI=1S/C18H29FN4O3/c1-11(2)18(19)14(24)12(10-21-8-7-17(3,4)5)26-15(18)23-9-6-13(20)22-16(23)25/h6,9,12,14-15,21,24H,1,7-8,10H2,2-5H3,(H2,20,22,25)/t12-,14-,15-,18-/m1/s1. The molecule has 4 N–H and O–H groups in total. The van der Waals surface area contributed by atoms with Gasteiger partial charge in [-0.2, -0.15) is 4.98 Å². The number of hydrogen-bond acceptors (Lipinski definition) is 6. The molecule has 26 heavy (non-hydrogen) atoms. The Hall–Kier alpha value is -1.77. The van der Waals surface area contributed by atoms with Gasteiger partial charge in [-0.15, -0.1) is 0 Å². The van der Waals surface area contributed by atoms with Crippen LogP contribution in [0.1, 0.15) is 40.3 Å². The second kappa shape index (κ2) is 7.46. The van der Waals surface area contributed by atoms with Gasteiger partial charge in [0, 0.05) is 12.7 Å². The lowest BCUT2D eigenvalue weighted by molar-refractivity contribution is -0.0429. The predicted molar refractivity (Wildman–Crippen MR) is 98.4 cm³/mol. The number of rotatable bonds is 6. The highest BCUT2D eigenvalue weighted by Gasteiger charge is 2.58. The first-order chi connectivity index (χ1) is 12.0. The van der Waals surface area contributed by atoms with Crippen molar-refractivity contribution < 1.29 is 14.2 Å². The zero-order valence-corrected chi connectivity index (χ0v) is 15.8. The molecule has 0 unspecified atom stereocenters. The van der Waals surface area contributed by atoms with Gasteiger partial charge in [-0.25, -0.2) is 9.18 Å². The molecule has 0 amide bonds. The highest BCUT2D eigenvalue weighted by molar-refractivity contribution is 5.25. The van der Waals surface area contributed by atoms with Crippen molar-refractivity contribution in [1.82, 2.24) is 14.9 Å². The molecule has 1 aliphatic rings. The van der Waals surface area contributed by atoms with Crippen LogP contribution >= 0.6 is 0 Å². The number of nitrogen functional groups attached to an aromatic ring is 1. The van der Waals surface area contributed by atoms with Crippen molar-refractivity contribution in [2.75, 3.05) is 18.8 Å². The summed E-state index contributed by atoms with van der Waals surface area (Å²) < 4.78 is 22.4. The maximum absolute atomic E-state index is 15.7. The van der Waals surface area contributed by atoms with E-state index in [1.807, 2.05) is 0 Å². The summed E-state index contributed by atoms with van der Waals surface area (Å²) in [5, 5.41) is 13.7. The van der Waals surface area contributed by atoms with Crippen LogP contribution in [0, 0.1) is 5.41 Å². The number of aliphatic hydroxyl groups excluding tert-OH is 1. The van der Waals surface area contributed by atoms with Crippen LogP contribution in [0.5, 0.6) is 0 Å². The van der Waals surface area contributed by atoms with Gasteiger partial charge in [-0.3, -0.25) is 4.57 Å². The molecular weight excluding hydrogens is 339 g/mol. The Bertz CT molecular complexity index is 715. The quantitative estimate of drug-likeness (QED) is 0.518. The van der Waals surface area contributed by atoms with E-state index >= 15 is 4.39 Å². The summed E-state index contributed by atoms with van der Waals surface area (Å²) >= 11 is 0. The molecule has 0 radical (unpaired) electrons. The van der Waals surface area contributed by atoms with Crippen LogP contribution in [-0.2, 0) is 4.74 Å². The van der Waals surface area contributed by atoms with Crippen LogP contribution in [0.25, 0.3) is 0 Å². The smallest absolute Gasteiger partial charge is 0.351 e. The van der Waals surface area contributed by atoms with Crippen molar-refractivity contribution in [1.29, 1.82) is 0 Å². The van der Waals surface area contributed by atoms with E-state index in [1.54, 1.807) is 0 Å². The number of alkyl halides is 1. The molecule has 1 aromatic heterocycles. The molecule has 1 aromatic rings. The number of halogens is 1. The summed E-state index contributed by atoms with van der Waals surface area (Å²) in [6.07, 6.45) is -1.41. The number of nitrogens with two attached hydrogens (primary N) is 1. The van der Waals surface area contributed by atoms with Crippen molar-refractivity contribution in [3.8, 4) is 0 Å². The third kappa shape index (κ3) is 4.13. The Morgan fingerprint density at radius 3 is 2.77 bits per heavy atom. The maximum atomic E-state index is 15.7. The molecule has 0 bridgehead atoms. The van der Waals surface area contributed by atoms with Gasteiger partial charge >= 0.3 is 5.69 Å².